The van der Waals surface area contributed by atoms with E-state index in [1.807, 2.05) is 89.2 Å². The van der Waals surface area contributed by atoms with Crippen molar-refractivity contribution < 1.29 is 0 Å². The number of anilines is 4. The van der Waals surface area contributed by atoms with Crippen LogP contribution in [-0.2, 0) is 0 Å². The Morgan fingerprint density at radius 3 is 0.912 bits per heavy atom. The molecule has 18 N–H and O–H groups in total. The van der Waals surface area contributed by atoms with Gasteiger partial charge in [-0.05, 0) is 189 Å². The van der Waals surface area contributed by atoms with E-state index >= 15 is 0 Å². The number of nitrogen functional groups attached to an aromatic ring is 4. The number of hydrogen-bond acceptors (Lipinski definition) is 9. The van der Waals surface area contributed by atoms with E-state index in [2.05, 4.69) is 87.4 Å². The fourth-order valence-electron chi connectivity index (χ4n) is 7.18. The summed E-state index contributed by atoms with van der Waals surface area (Å²) in [7, 11) is 0. The van der Waals surface area contributed by atoms with Gasteiger partial charge < -0.3 is 51.6 Å². The van der Waals surface area contributed by atoms with Gasteiger partial charge in [-0.3, -0.25) is 0 Å². The van der Waals surface area contributed by atoms with Gasteiger partial charge in [-0.1, -0.05) is 231 Å². The minimum Gasteiger partial charge on any atom is -0.399 e. The second-order valence-corrected chi connectivity index (χ2v) is 22.4. The van der Waals surface area contributed by atoms with E-state index in [0.29, 0.717) is 12.0 Å². The van der Waals surface area contributed by atoms with Gasteiger partial charge in [0.25, 0.3) is 0 Å². The quantitative estimate of drug-likeness (QED) is 0.0204. The van der Waals surface area contributed by atoms with Gasteiger partial charge in [0.2, 0.25) is 0 Å². The molecular formula is C71H137N9. The fourth-order valence-corrected chi connectivity index (χ4v) is 7.18. The normalized spacial score (nSPS) is 10.3. The Morgan fingerprint density at radius 2 is 0.650 bits per heavy atom. The Balaban J connectivity index is -0.000000265. The minimum atomic E-state index is 0.352. The Labute approximate surface area is 498 Å². The number of benzene rings is 4. The lowest BCUT2D eigenvalue weighted by molar-refractivity contribution is 0.529. The van der Waals surface area contributed by atoms with Crippen molar-refractivity contribution in [2.24, 2.45) is 34.6 Å². The minimum absolute atomic E-state index is 0.352. The van der Waals surface area contributed by atoms with Crippen LogP contribution in [0.15, 0.2) is 72.8 Å². The molecule has 0 heterocycles. The first-order chi connectivity index (χ1) is 38.1. The zero-order valence-electron chi connectivity index (χ0n) is 55.5. The van der Waals surface area contributed by atoms with E-state index in [0.717, 1.165) is 60.1 Å². The summed E-state index contributed by atoms with van der Waals surface area (Å²) in [5.74, 6) is 0.630. The molecule has 466 valence electrons. The SMILES string of the molecule is CC(C)C(C)N.CCCCCCCCCCN.CCCCCCCCCN.CCCCCCCCN.CCCCCCCN.Cc1ccc(C)c(N)c1.Cc1ccc(N)c(C)c1.Cc1ccc(N)cc1C.Cc1cccc(N)c1C. The van der Waals surface area contributed by atoms with E-state index in [4.69, 9.17) is 51.6 Å². The fraction of sp³-hybridized carbons (Fsp3) is 0.662. The van der Waals surface area contributed by atoms with Crippen molar-refractivity contribution in [1.82, 2.24) is 0 Å². The van der Waals surface area contributed by atoms with Crippen LogP contribution in [0.4, 0.5) is 22.7 Å². The lowest BCUT2D eigenvalue weighted by Crippen LogP contribution is -2.21. The maximum absolute atomic E-state index is 5.62. The van der Waals surface area contributed by atoms with Crippen molar-refractivity contribution in [3.8, 4) is 0 Å². The van der Waals surface area contributed by atoms with Crippen LogP contribution < -0.4 is 51.6 Å². The van der Waals surface area contributed by atoms with E-state index in [1.165, 1.54) is 200 Å². The third-order valence-electron chi connectivity index (χ3n) is 13.8. The second-order valence-electron chi connectivity index (χ2n) is 22.4. The number of nitrogens with two attached hydrogens (primary N) is 9. The molecule has 0 aliphatic carbocycles. The Kier molecular flexibility index (Phi) is 67.8. The van der Waals surface area contributed by atoms with Crippen LogP contribution >= 0.6 is 0 Å². The Morgan fingerprint density at radius 1 is 0.312 bits per heavy atom. The highest BCUT2D eigenvalue weighted by Crippen LogP contribution is 2.15. The molecule has 0 saturated heterocycles. The van der Waals surface area contributed by atoms with Crippen molar-refractivity contribution in [3.63, 3.8) is 0 Å². The lowest BCUT2D eigenvalue weighted by atomic mass is 10.1. The van der Waals surface area contributed by atoms with Crippen molar-refractivity contribution in [2.45, 2.75) is 277 Å². The average molecular weight is 1120 g/mol. The van der Waals surface area contributed by atoms with Crippen LogP contribution in [0.2, 0.25) is 0 Å². The van der Waals surface area contributed by atoms with Gasteiger partial charge >= 0.3 is 0 Å². The predicted octanol–water partition coefficient (Wildman–Crippen LogP) is 18.5. The Bertz CT molecular complexity index is 1700. The van der Waals surface area contributed by atoms with Crippen LogP contribution in [-0.4, -0.2) is 32.2 Å². The molecule has 9 nitrogen and oxygen atoms in total. The van der Waals surface area contributed by atoms with Gasteiger partial charge in [-0.2, -0.15) is 0 Å². The molecule has 4 rings (SSSR count). The summed E-state index contributed by atoms with van der Waals surface area (Å²) in [6, 6.07) is 24.3. The van der Waals surface area contributed by atoms with Gasteiger partial charge in [0, 0.05) is 28.8 Å². The summed E-state index contributed by atoms with van der Waals surface area (Å²) >= 11 is 0. The first kappa shape index (κ1) is 84.7. The smallest absolute Gasteiger partial charge is 0.0346 e. The molecule has 9 heteroatoms. The summed E-state index contributed by atoms with van der Waals surface area (Å²) < 4.78 is 0. The largest absolute Gasteiger partial charge is 0.399 e. The molecule has 0 aliphatic heterocycles. The first-order valence-corrected chi connectivity index (χ1v) is 32.0. The third-order valence-corrected chi connectivity index (χ3v) is 13.8. The van der Waals surface area contributed by atoms with E-state index in [9.17, 15) is 0 Å². The van der Waals surface area contributed by atoms with Gasteiger partial charge in [-0.15, -0.1) is 0 Å². The van der Waals surface area contributed by atoms with Gasteiger partial charge in [0.1, 0.15) is 0 Å². The monoisotopic (exact) mass is 1120 g/mol. The molecule has 0 radical (unpaired) electrons. The molecule has 1 unspecified atom stereocenters. The van der Waals surface area contributed by atoms with Crippen LogP contribution in [0.5, 0.6) is 0 Å². The second kappa shape index (κ2) is 64.1. The number of hydrogen-bond donors (Lipinski definition) is 9. The molecule has 0 amide bonds. The van der Waals surface area contributed by atoms with Crippen LogP contribution in [0, 0.1) is 61.3 Å². The standard InChI is InChI=1S/C10H23N.C9H21N.4C8H11N.C8H19N.C7H17N.C5H13N/c1-2-3-4-5-6-7-8-9-10-11;1-2-3-4-5-6-7-8-9-10;1-6-3-4-8(9)5-7(6)2;1-6-3-4-8(9)7(2)5-6;1-6-3-4-7(2)8(9)5-6;1-6-4-3-5-8(9)7(6)2;1-2-3-4-5-6-7-8-9;1-2-3-4-5-6-7-8;1-4(2)5(3)6/h2-11H2,1H3;2-10H2,1H3;4*3-5H,9H2,1-2H3;2-9H2,1H3;2-8H2,1H3;4-5H,6H2,1-3H3. The molecule has 4 aromatic carbocycles. The maximum Gasteiger partial charge on any atom is 0.0346 e. The topological polar surface area (TPSA) is 234 Å². The highest BCUT2D eigenvalue weighted by molar-refractivity contribution is 5.50. The number of aryl methyl sites for hydroxylation is 7. The van der Waals surface area contributed by atoms with Crippen molar-refractivity contribution in [3.05, 3.63) is 117 Å². The van der Waals surface area contributed by atoms with Gasteiger partial charge in [0.15, 0.2) is 0 Å². The molecule has 0 saturated carbocycles. The van der Waals surface area contributed by atoms with Crippen molar-refractivity contribution in [1.29, 1.82) is 0 Å². The number of rotatable bonds is 27. The molecule has 0 bridgehead atoms. The summed E-state index contributed by atoms with van der Waals surface area (Å²) in [6.07, 6.45) is 35.1. The van der Waals surface area contributed by atoms with Crippen LogP contribution in [0.3, 0.4) is 0 Å². The highest BCUT2D eigenvalue weighted by atomic mass is 14.6. The zero-order valence-corrected chi connectivity index (χ0v) is 55.5. The molecule has 0 aliphatic rings. The molecule has 0 spiro atoms. The van der Waals surface area contributed by atoms with Crippen LogP contribution in [0.25, 0.3) is 0 Å². The summed E-state index contributed by atoms with van der Waals surface area (Å²) in [6.45, 7) is 35.1. The highest BCUT2D eigenvalue weighted by Gasteiger charge is 1.97. The van der Waals surface area contributed by atoms with E-state index < -0.39 is 0 Å². The van der Waals surface area contributed by atoms with Gasteiger partial charge in [-0.25, -0.2) is 0 Å². The first-order valence-electron chi connectivity index (χ1n) is 32.0. The third kappa shape index (κ3) is 63.1. The van der Waals surface area contributed by atoms with Crippen molar-refractivity contribution in [2.75, 3.05) is 49.1 Å². The average Bonchev–Trinajstić information content (AvgIpc) is 3.42. The molecular weight excluding hydrogens is 979 g/mol. The molecule has 0 aromatic heterocycles. The summed E-state index contributed by atoms with van der Waals surface area (Å²) in [4.78, 5) is 0. The van der Waals surface area contributed by atoms with Crippen LogP contribution in [0.1, 0.15) is 260 Å². The molecule has 4 aromatic rings. The Hall–Kier alpha value is -4.12. The van der Waals surface area contributed by atoms with Crippen molar-refractivity contribution >= 4 is 22.7 Å². The molecule has 80 heavy (non-hydrogen) atoms. The maximum atomic E-state index is 5.62. The summed E-state index contributed by atoms with van der Waals surface area (Å²) in [5.41, 5.74) is 62.5. The molecule has 1 atom stereocenters. The van der Waals surface area contributed by atoms with E-state index in [1.54, 1.807) is 0 Å². The van der Waals surface area contributed by atoms with E-state index in [-0.39, 0.29) is 0 Å². The lowest BCUT2D eigenvalue weighted by Gasteiger charge is -2.05. The molecule has 0 fully saturated rings. The summed E-state index contributed by atoms with van der Waals surface area (Å²) in [5, 5.41) is 0. The van der Waals surface area contributed by atoms with Gasteiger partial charge in [0.05, 0.1) is 0 Å². The number of unbranched alkanes of at least 4 members (excludes halogenated alkanes) is 22. The zero-order chi connectivity index (χ0) is 61.8. The predicted molar refractivity (Wildman–Crippen MR) is 369 cm³/mol.